The van der Waals surface area contributed by atoms with Crippen molar-refractivity contribution in [1.29, 1.82) is 0 Å². The molecule has 0 radical (unpaired) electrons. The van der Waals surface area contributed by atoms with Gasteiger partial charge in [-0.2, -0.15) is 0 Å². The van der Waals surface area contributed by atoms with Crippen molar-refractivity contribution in [2.75, 3.05) is 6.54 Å². The average Bonchev–Trinajstić information content (AvgIpc) is 2.92. The van der Waals surface area contributed by atoms with Crippen molar-refractivity contribution >= 4 is 23.8 Å². The molecule has 4 rings (SSSR count). The van der Waals surface area contributed by atoms with E-state index >= 15 is 0 Å². The molecule has 3 N–H and O–H groups in total. The third-order valence-electron chi connectivity index (χ3n) is 7.83. The minimum absolute atomic E-state index is 0.145. The van der Waals surface area contributed by atoms with E-state index in [-0.39, 0.29) is 12.3 Å². The van der Waals surface area contributed by atoms with Gasteiger partial charge in [-0.05, 0) is 61.6 Å². The topological polar surface area (TPSA) is 141 Å². The summed E-state index contributed by atoms with van der Waals surface area (Å²) in [5.41, 5.74) is 1.95. The van der Waals surface area contributed by atoms with Gasteiger partial charge in [0.15, 0.2) is 0 Å². The number of benzene rings is 3. The number of aliphatic carboxylic acids is 3. The Kier molecular flexibility index (Phi) is 9.39. The lowest BCUT2D eigenvalue weighted by atomic mass is 9.64. The third kappa shape index (κ3) is 7.11. The fourth-order valence-electron chi connectivity index (χ4n) is 5.56. The maximum Gasteiger partial charge on any atom is 0.323 e. The van der Waals surface area contributed by atoms with Crippen LogP contribution in [0.15, 0.2) is 84.9 Å². The van der Waals surface area contributed by atoms with E-state index < -0.39 is 54.2 Å². The van der Waals surface area contributed by atoms with Gasteiger partial charge in [0.25, 0.3) is 0 Å². The summed E-state index contributed by atoms with van der Waals surface area (Å²) in [6.07, 6.45) is 1.10. The first kappa shape index (κ1) is 29.3. The van der Waals surface area contributed by atoms with Crippen molar-refractivity contribution in [3.63, 3.8) is 0 Å². The quantitative estimate of drug-likeness (QED) is 0.268. The van der Waals surface area contributed by atoms with Crippen molar-refractivity contribution in [3.8, 4) is 11.5 Å². The van der Waals surface area contributed by atoms with Gasteiger partial charge in [-0.1, -0.05) is 60.7 Å². The molecular weight excluding hydrogens is 526 g/mol. The van der Waals surface area contributed by atoms with Crippen molar-refractivity contribution in [3.05, 3.63) is 96.1 Å². The van der Waals surface area contributed by atoms with Gasteiger partial charge in [0.05, 0.1) is 17.8 Å². The standard InChI is InChI=1S/C32H33NO8/c1-20(33(19-28(34)35)30(36)26-18-27(31(37)38)29(26)32(39)40)25(17-12-21-8-4-2-5-9-21)22-13-15-24(16-14-22)41-23-10-6-3-7-11-23/h2-11,13-16,20,25-27,29H,12,17-19H2,1H3,(H,34,35)(H,37,38)(H,39,40). The van der Waals surface area contributed by atoms with E-state index in [2.05, 4.69) is 0 Å². The van der Waals surface area contributed by atoms with Gasteiger partial charge in [-0.15, -0.1) is 0 Å². The van der Waals surface area contributed by atoms with E-state index in [1.807, 2.05) is 84.9 Å². The molecule has 5 unspecified atom stereocenters. The molecule has 3 aromatic rings. The summed E-state index contributed by atoms with van der Waals surface area (Å²) in [7, 11) is 0. The Hall–Kier alpha value is -4.66. The number of nitrogens with zero attached hydrogens (tertiary/aromatic N) is 1. The van der Waals surface area contributed by atoms with E-state index in [0.717, 1.165) is 11.1 Å². The molecule has 41 heavy (non-hydrogen) atoms. The largest absolute Gasteiger partial charge is 0.481 e. The Morgan fingerprint density at radius 2 is 1.39 bits per heavy atom. The number of ether oxygens (including phenoxy) is 1. The zero-order valence-corrected chi connectivity index (χ0v) is 22.6. The Balaban J connectivity index is 1.62. The molecule has 0 bridgehead atoms. The lowest BCUT2D eigenvalue weighted by Crippen LogP contribution is -2.56. The van der Waals surface area contributed by atoms with Crippen LogP contribution in [0.5, 0.6) is 11.5 Å². The number of para-hydroxylation sites is 1. The summed E-state index contributed by atoms with van der Waals surface area (Å²) in [6.45, 7) is 1.13. The fourth-order valence-corrected chi connectivity index (χ4v) is 5.56. The molecule has 1 aliphatic rings. The summed E-state index contributed by atoms with van der Waals surface area (Å²) < 4.78 is 5.91. The number of hydrogen-bond acceptors (Lipinski definition) is 5. The maximum atomic E-state index is 13.6. The van der Waals surface area contributed by atoms with Crippen molar-refractivity contribution in [2.24, 2.45) is 17.8 Å². The van der Waals surface area contributed by atoms with E-state index in [1.165, 1.54) is 4.90 Å². The van der Waals surface area contributed by atoms with Crippen LogP contribution in [0.3, 0.4) is 0 Å². The molecule has 0 aliphatic heterocycles. The highest BCUT2D eigenvalue weighted by Crippen LogP contribution is 2.43. The van der Waals surface area contributed by atoms with Gasteiger partial charge in [-0.25, -0.2) is 0 Å². The van der Waals surface area contributed by atoms with Gasteiger partial charge in [0.1, 0.15) is 18.0 Å². The van der Waals surface area contributed by atoms with Crippen LogP contribution in [0.2, 0.25) is 0 Å². The van der Waals surface area contributed by atoms with Crippen molar-refractivity contribution < 1.29 is 39.2 Å². The normalized spacial score (nSPS) is 19.3. The van der Waals surface area contributed by atoms with E-state index in [4.69, 9.17) is 4.74 Å². The average molecular weight is 560 g/mol. The summed E-state index contributed by atoms with van der Waals surface area (Å²) in [6, 6.07) is 25.9. The van der Waals surface area contributed by atoms with Crippen LogP contribution in [0.1, 0.15) is 36.8 Å². The SMILES string of the molecule is CC(C(CCc1ccccc1)c1ccc(Oc2ccccc2)cc1)N(CC(=O)O)C(=O)C1CC(C(=O)O)C1C(=O)O. The highest BCUT2D eigenvalue weighted by molar-refractivity contribution is 5.92. The number of carbonyl (C=O) groups is 4. The first-order valence-electron chi connectivity index (χ1n) is 13.5. The number of carboxylic acid groups (broad SMARTS) is 3. The second-order valence-electron chi connectivity index (χ2n) is 10.4. The molecule has 1 amide bonds. The number of carbonyl (C=O) groups excluding carboxylic acids is 1. The van der Waals surface area contributed by atoms with Crippen LogP contribution >= 0.6 is 0 Å². The lowest BCUT2D eigenvalue weighted by molar-refractivity contribution is -0.173. The maximum absolute atomic E-state index is 13.6. The Bertz CT molecular complexity index is 1360. The highest BCUT2D eigenvalue weighted by Gasteiger charge is 2.54. The first-order valence-corrected chi connectivity index (χ1v) is 13.5. The second-order valence-corrected chi connectivity index (χ2v) is 10.4. The fraction of sp³-hybridized carbons (Fsp3) is 0.312. The van der Waals surface area contributed by atoms with E-state index in [9.17, 15) is 34.5 Å². The lowest BCUT2D eigenvalue weighted by Gasteiger charge is -2.43. The molecule has 1 aliphatic carbocycles. The van der Waals surface area contributed by atoms with Gasteiger partial charge >= 0.3 is 17.9 Å². The summed E-state index contributed by atoms with van der Waals surface area (Å²) in [5, 5.41) is 28.7. The van der Waals surface area contributed by atoms with Crippen LogP contribution in [-0.4, -0.2) is 56.6 Å². The number of carboxylic acids is 3. The summed E-state index contributed by atoms with van der Waals surface area (Å²) in [5.74, 6) is -7.24. The molecular formula is C32H33NO8. The smallest absolute Gasteiger partial charge is 0.323 e. The van der Waals surface area contributed by atoms with Crippen LogP contribution < -0.4 is 4.74 Å². The third-order valence-corrected chi connectivity index (χ3v) is 7.83. The molecule has 1 fully saturated rings. The Morgan fingerprint density at radius 3 is 1.95 bits per heavy atom. The zero-order valence-electron chi connectivity index (χ0n) is 22.6. The second kappa shape index (κ2) is 13.1. The number of rotatable bonds is 13. The van der Waals surface area contributed by atoms with Crippen molar-refractivity contribution in [1.82, 2.24) is 4.90 Å². The number of amides is 1. The minimum atomic E-state index is -1.40. The molecule has 9 heteroatoms. The first-order chi connectivity index (χ1) is 19.7. The molecule has 9 nitrogen and oxygen atoms in total. The Morgan fingerprint density at radius 1 is 0.805 bits per heavy atom. The molecule has 0 heterocycles. The van der Waals surface area contributed by atoms with E-state index in [1.54, 1.807) is 6.92 Å². The van der Waals surface area contributed by atoms with Gasteiger partial charge < -0.3 is 25.0 Å². The van der Waals surface area contributed by atoms with Crippen LogP contribution in [0.4, 0.5) is 0 Å². The van der Waals surface area contributed by atoms with Crippen LogP contribution in [0.25, 0.3) is 0 Å². The number of aryl methyl sites for hydroxylation is 1. The predicted octanol–water partition coefficient (Wildman–Crippen LogP) is 4.92. The molecule has 1 saturated carbocycles. The molecule has 3 aromatic carbocycles. The van der Waals surface area contributed by atoms with E-state index in [0.29, 0.717) is 24.3 Å². The summed E-state index contributed by atoms with van der Waals surface area (Å²) >= 11 is 0. The molecule has 5 atom stereocenters. The Labute approximate surface area is 238 Å². The predicted molar refractivity (Wildman–Crippen MR) is 150 cm³/mol. The van der Waals surface area contributed by atoms with Gasteiger partial charge in [-0.3, -0.25) is 19.2 Å². The molecule has 214 valence electrons. The monoisotopic (exact) mass is 559 g/mol. The highest BCUT2D eigenvalue weighted by atomic mass is 16.5. The van der Waals surface area contributed by atoms with Gasteiger partial charge in [0.2, 0.25) is 5.91 Å². The van der Waals surface area contributed by atoms with Crippen molar-refractivity contribution in [2.45, 2.75) is 38.1 Å². The van der Waals surface area contributed by atoms with Crippen LogP contribution in [-0.2, 0) is 25.6 Å². The number of hydrogen-bond donors (Lipinski definition) is 3. The van der Waals surface area contributed by atoms with Gasteiger partial charge in [0, 0.05) is 12.0 Å². The molecule has 0 spiro atoms. The zero-order chi connectivity index (χ0) is 29.5. The minimum Gasteiger partial charge on any atom is -0.481 e. The molecule has 0 aromatic heterocycles. The van der Waals surface area contributed by atoms with Crippen LogP contribution in [0, 0.1) is 17.8 Å². The molecule has 0 saturated heterocycles. The summed E-state index contributed by atoms with van der Waals surface area (Å²) in [4.78, 5) is 50.1.